The first kappa shape index (κ1) is 13.0. The van der Waals surface area contributed by atoms with E-state index in [1.165, 1.54) is 0 Å². The molecule has 90 valence electrons. The van der Waals surface area contributed by atoms with Gasteiger partial charge in [-0.05, 0) is 31.0 Å². The Morgan fingerprint density at radius 1 is 1.47 bits per heavy atom. The molecule has 1 aromatic rings. The van der Waals surface area contributed by atoms with Crippen LogP contribution in [0.3, 0.4) is 0 Å². The summed E-state index contributed by atoms with van der Waals surface area (Å²) in [5.41, 5.74) is -0.329. The summed E-state index contributed by atoms with van der Waals surface area (Å²) in [7, 11) is 0. The van der Waals surface area contributed by atoms with Crippen molar-refractivity contribution in [2.24, 2.45) is 0 Å². The molecule has 0 saturated heterocycles. The normalized spacial score (nSPS) is 13.5. The molecule has 0 radical (unpaired) electrons. The van der Waals surface area contributed by atoms with Crippen LogP contribution in [0.5, 0.6) is 5.75 Å². The van der Waals surface area contributed by atoms with Gasteiger partial charge in [-0.3, -0.25) is 0 Å². The van der Waals surface area contributed by atoms with Crippen molar-refractivity contribution in [1.82, 2.24) is 0 Å². The first-order valence-electron chi connectivity index (χ1n) is 5.40. The Morgan fingerprint density at radius 2 is 2.06 bits per heavy atom. The highest BCUT2D eigenvalue weighted by Gasteiger charge is 2.33. The van der Waals surface area contributed by atoms with Gasteiger partial charge in [0.25, 0.3) is 0 Å². The van der Waals surface area contributed by atoms with Gasteiger partial charge in [0.2, 0.25) is 5.60 Å². The highest BCUT2D eigenvalue weighted by atomic mass is 16.5. The van der Waals surface area contributed by atoms with Crippen LogP contribution >= 0.6 is 0 Å². The van der Waals surface area contributed by atoms with E-state index in [-0.39, 0.29) is 0 Å². The summed E-state index contributed by atoms with van der Waals surface area (Å²) >= 11 is 0. The number of hydrogen-bond acceptors (Lipinski definition) is 3. The molecule has 4 nitrogen and oxygen atoms in total. The fraction of sp³-hybridized carbons (Fsp3) is 0.385. The van der Waals surface area contributed by atoms with E-state index in [0.717, 1.165) is 5.56 Å². The van der Waals surface area contributed by atoms with Gasteiger partial charge in [0.05, 0.1) is 12.5 Å². The number of carbonyl (C=O) groups is 1. The number of carboxylic acid groups (broad SMARTS) is 1. The summed E-state index contributed by atoms with van der Waals surface area (Å²) in [6.07, 6.45) is 0.715. The zero-order valence-electron chi connectivity index (χ0n) is 9.93. The average molecular weight is 233 g/mol. The smallest absolute Gasteiger partial charge is 0.347 e. The lowest BCUT2D eigenvalue weighted by Crippen LogP contribution is -2.40. The van der Waals surface area contributed by atoms with Crippen molar-refractivity contribution < 1.29 is 14.6 Å². The summed E-state index contributed by atoms with van der Waals surface area (Å²) in [5.74, 6) is -0.487. The second-order valence-electron chi connectivity index (χ2n) is 3.97. The second-order valence-corrected chi connectivity index (χ2v) is 3.97. The minimum Gasteiger partial charge on any atom is -0.478 e. The van der Waals surface area contributed by atoms with Gasteiger partial charge in [-0.1, -0.05) is 19.1 Å². The summed E-state index contributed by atoms with van der Waals surface area (Å²) in [6.45, 7) is 3.30. The van der Waals surface area contributed by atoms with E-state index in [2.05, 4.69) is 0 Å². The van der Waals surface area contributed by atoms with Crippen LogP contribution in [-0.4, -0.2) is 16.7 Å². The molecule has 0 bridgehead atoms. The lowest BCUT2D eigenvalue weighted by molar-refractivity contribution is -0.154. The Morgan fingerprint density at radius 3 is 2.47 bits per heavy atom. The Balaban J connectivity index is 2.82. The number of aliphatic carboxylic acids is 1. The lowest BCUT2D eigenvalue weighted by atomic mass is 10.0. The molecule has 0 amide bonds. The highest BCUT2D eigenvalue weighted by Crippen LogP contribution is 2.22. The van der Waals surface area contributed by atoms with E-state index in [4.69, 9.17) is 15.1 Å². The molecule has 1 aromatic carbocycles. The maximum absolute atomic E-state index is 11.1. The Kier molecular flexibility index (Phi) is 4.11. The van der Waals surface area contributed by atoms with Crippen molar-refractivity contribution in [1.29, 1.82) is 5.26 Å². The van der Waals surface area contributed by atoms with Gasteiger partial charge in [-0.25, -0.2) is 4.79 Å². The zero-order chi connectivity index (χ0) is 12.9. The summed E-state index contributed by atoms with van der Waals surface area (Å²) < 4.78 is 5.46. The number of nitrogens with zero attached hydrogens (tertiary/aromatic N) is 1. The van der Waals surface area contributed by atoms with Gasteiger partial charge < -0.3 is 9.84 Å². The van der Waals surface area contributed by atoms with E-state index >= 15 is 0 Å². The Bertz CT molecular complexity index is 433. The molecule has 1 rings (SSSR count). The van der Waals surface area contributed by atoms with Crippen LogP contribution in [0.15, 0.2) is 24.3 Å². The predicted octanol–water partition coefficient (Wildman–Crippen LogP) is 2.38. The third-order valence-electron chi connectivity index (χ3n) is 2.68. The molecule has 0 aliphatic rings. The Labute approximate surface area is 100 Å². The van der Waals surface area contributed by atoms with Crippen molar-refractivity contribution in [3.8, 4) is 11.8 Å². The van der Waals surface area contributed by atoms with Crippen LogP contribution in [0.2, 0.25) is 0 Å². The van der Waals surface area contributed by atoms with E-state index in [9.17, 15) is 4.79 Å². The molecular formula is C13H15NO3. The maximum atomic E-state index is 11.1. The third-order valence-corrected chi connectivity index (χ3v) is 2.68. The van der Waals surface area contributed by atoms with Gasteiger partial charge in [-0.15, -0.1) is 0 Å². The van der Waals surface area contributed by atoms with E-state index in [1.807, 2.05) is 6.07 Å². The third kappa shape index (κ3) is 3.22. The molecular weight excluding hydrogens is 218 g/mol. The number of carboxylic acids is 1. The Hall–Kier alpha value is -2.02. The number of rotatable bonds is 5. The van der Waals surface area contributed by atoms with Gasteiger partial charge in [-0.2, -0.15) is 5.26 Å². The SMILES string of the molecule is CCC(C)(Oc1ccc(CC#N)cc1)C(=O)O. The maximum Gasteiger partial charge on any atom is 0.347 e. The topological polar surface area (TPSA) is 70.3 Å². The summed E-state index contributed by atoms with van der Waals surface area (Å²) in [4.78, 5) is 11.1. The van der Waals surface area contributed by atoms with Gasteiger partial charge in [0, 0.05) is 0 Å². The van der Waals surface area contributed by atoms with Gasteiger partial charge in [0.15, 0.2) is 0 Å². The minimum atomic E-state index is -1.21. The molecule has 4 heteroatoms. The van der Waals surface area contributed by atoms with Crippen LogP contribution < -0.4 is 4.74 Å². The molecule has 1 N–H and O–H groups in total. The standard InChI is InChI=1S/C13H15NO3/c1-3-13(2,12(15)16)17-11-6-4-10(5-7-11)8-9-14/h4-7H,3,8H2,1-2H3,(H,15,16). The predicted molar refractivity (Wildman–Crippen MR) is 62.7 cm³/mol. The summed E-state index contributed by atoms with van der Waals surface area (Å²) in [6, 6.07) is 8.94. The fourth-order valence-corrected chi connectivity index (χ4v) is 1.29. The van der Waals surface area contributed by atoms with Crippen molar-refractivity contribution in [3.05, 3.63) is 29.8 Å². The van der Waals surface area contributed by atoms with Gasteiger partial charge >= 0.3 is 5.97 Å². The molecule has 0 saturated carbocycles. The second kappa shape index (κ2) is 5.35. The number of ether oxygens (including phenoxy) is 1. The van der Waals surface area contributed by atoms with E-state index < -0.39 is 11.6 Å². The largest absolute Gasteiger partial charge is 0.478 e. The van der Waals surface area contributed by atoms with Crippen molar-refractivity contribution in [2.45, 2.75) is 32.3 Å². The molecule has 0 aliphatic carbocycles. The van der Waals surface area contributed by atoms with Crippen LogP contribution in [0.25, 0.3) is 0 Å². The fourth-order valence-electron chi connectivity index (χ4n) is 1.29. The number of benzene rings is 1. The monoisotopic (exact) mass is 233 g/mol. The summed E-state index contributed by atoms with van der Waals surface area (Å²) in [5, 5.41) is 17.6. The van der Waals surface area contributed by atoms with Crippen LogP contribution in [-0.2, 0) is 11.2 Å². The average Bonchev–Trinajstić information content (AvgIpc) is 2.31. The van der Waals surface area contributed by atoms with Crippen molar-refractivity contribution in [3.63, 3.8) is 0 Å². The van der Waals surface area contributed by atoms with Crippen molar-refractivity contribution in [2.75, 3.05) is 0 Å². The minimum absolute atomic E-state index is 0.338. The van der Waals surface area contributed by atoms with Crippen LogP contribution in [0.1, 0.15) is 25.8 Å². The molecule has 0 spiro atoms. The lowest BCUT2D eigenvalue weighted by Gasteiger charge is -2.24. The van der Waals surface area contributed by atoms with Gasteiger partial charge in [0.1, 0.15) is 5.75 Å². The molecule has 17 heavy (non-hydrogen) atoms. The molecule has 0 aromatic heterocycles. The van der Waals surface area contributed by atoms with E-state index in [1.54, 1.807) is 38.1 Å². The van der Waals surface area contributed by atoms with Crippen LogP contribution in [0, 0.1) is 11.3 Å². The van der Waals surface area contributed by atoms with E-state index in [0.29, 0.717) is 18.6 Å². The number of nitriles is 1. The number of hydrogen-bond donors (Lipinski definition) is 1. The zero-order valence-corrected chi connectivity index (χ0v) is 9.93. The first-order chi connectivity index (χ1) is 8.01. The molecule has 0 aliphatic heterocycles. The molecule has 0 fully saturated rings. The highest BCUT2D eigenvalue weighted by molar-refractivity contribution is 5.77. The molecule has 1 unspecified atom stereocenters. The molecule has 0 heterocycles. The molecule has 1 atom stereocenters. The quantitative estimate of drug-likeness (QED) is 0.847. The first-order valence-corrected chi connectivity index (χ1v) is 5.40. The van der Waals surface area contributed by atoms with Crippen LogP contribution in [0.4, 0.5) is 0 Å². The van der Waals surface area contributed by atoms with Crippen molar-refractivity contribution >= 4 is 5.97 Å².